The minimum Gasteiger partial charge on any atom is -0.466 e. The average molecular weight is 247 g/mol. The number of halogens is 1. The van der Waals surface area contributed by atoms with Crippen LogP contribution in [0.4, 0.5) is 4.39 Å². The molecule has 18 heavy (non-hydrogen) atoms. The van der Waals surface area contributed by atoms with E-state index in [1.807, 2.05) is 6.92 Å². The van der Waals surface area contributed by atoms with E-state index in [0.29, 0.717) is 12.2 Å². The number of ether oxygens (including phenoxy) is 1. The van der Waals surface area contributed by atoms with Crippen molar-refractivity contribution in [1.29, 1.82) is 0 Å². The van der Waals surface area contributed by atoms with Crippen LogP contribution in [0.2, 0.25) is 0 Å². The van der Waals surface area contributed by atoms with E-state index in [1.54, 1.807) is 25.3 Å². The van der Waals surface area contributed by atoms with E-state index in [1.165, 1.54) is 6.07 Å². The largest absolute Gasteiger partial charge is 0.466 e. The number of hydrogen-bond acceptors (Lipinski definition) is 3. The maximum atomic E-state index is 13.8. The molecule has 0 amide bonds. The van der Waals surface area contributed by atoms with Crippen molar-refractivity contribution < 1.29 is 13.9 Å². The van der Waals surface area contributed by atoms with E-state index >= 15 is 0 Å². The molecule has 0 bridgehead atoms. The molecule has 1 aromatic heterocycles. The third-order valence-electron chi connectivity index (χ3n) is 2.72. The van der Waals surface area contributed by atoms with Crippen LogP contribution in [-0.4, -0.2) is 17.6 Å². The Hall–Kier alpha value is -1.97. The average Bonchev–Trinajstić information content (AvgIpc) is 2.33. The number of hydrogen-bond donors (Lipinski definition) is 0. The second kappa shape index (κ2) is 5.12. The molecule has 0 aliphatic rings. The van der Waals surface area contributed by atoms with Crippen molar-refractivity contribution >= 4 is 16.7 Å². The molecule has 0 unspecified atom stereocenters. The SMILES string of the molecule is CCOC(=O)Cc1c(F)ccc2cnc(C)cc12. The molecule has 94 valence electrons. The van der Waals surface area contributed by atoms with Crippen molar-refractivity contribution in [2.24, 2.45) is 0 Å². The van der Waals surface area contributed by atoms with Gasteiger partial charge in [0.05, 0.1) is 13.0 Å². The van der Waals surface area contributed by atoms with Crippen LogP contribution >= 0.6 is 0 Å². The number of nitrogens with zero attached hydrogens (tertiary/aromatic N) is 1. The van der Waals surface area contributed by atoms with Gasteiger partial charge in [0, 0.05) is 22.8 Å². The number of benzene rings is 1. The monoisotopic (exact) mass is 247 g/mol. The molecule has 0 fully saturated rings. The number of aryl methyl sites for hydroxylation is 1. The number of esters is 1. The standard InChI is InChI=1S/C14H14FNO2/c1-3-18-14(17)7-12-11-6-9(2)16-8-10(11)4-5-13(12)15/h4-6,8H,3,7H2,1-2H3. The lowest BCUT2D eigenvalue weighted by Crippen LogP contribution is -2.09. The predicted octanol–water partition coefficient (Wildman–Crippen LogP) is 2.79. The molecule has 1 heterocycles. The van der Waals surface area contributed by atoms with Crippen LogP contribution in [0, 0.1) is 12.7 Å². The summed E-state index contributed by atoms with van der Waals surface area (Å²) < 4.78 is 18.7. The fourth-order valence-corrected chi connectivity index (χ4v) is 1.89. The molecule has 1 aromatic carbocycles. The van der Waals surface area contributed by atoms with Crippen molar-refractivity contribution in [2.75, 3.05) is 6.61 Å². The summed E-state index contributed by atoms with van der Waals surface area (Å²) >= 11 is 0. The third kappa shape index (κ3) is 2.47. The molecule has 0 aliphatic carbocycles. The molecule has 0 saturated carbocycles. The maximum absolute atomic E-state index is 13.8. The van der Waals surface area contributed by atoms with Crippen LogP contribution in [0.5, 0.6) is 0 Å². The van der Waals surface area contributed by atoms with Crippen molar-refractivity contribution in [3.8, 4) is 0 Å². The van der Waals surface area contributed by atoms with Gasteiger partial charge in [0.1, 0.15) is 5.82 Å². The molecular formula is C14H14FNO2. The van der Waals surface area contributed by atoms with Gasteiger partial charge >= 0.3 is 5.97 Å². The van der Waals surface area contributed by atoms with Gasteiger partial charge in [-0.3, -0.25) is 9.78 Å². The lowest BCUT2D eigenvalue weighted by atomic mass is 10.0. The summed E-state index contributed by atoms with van der Waals surface area (Å²) in [5.74, 6) is -0.806. The van der Waals surface area contributed by atoms with E-state index in [2.05, 4.69) is 4.98 Å². The summed E-state index contributed by atoms with van der Waals surface area (Å²) in [6.07, 6.45) is 1.62. The van der Waals surface area contributed by atoms with Gasteiger partial charge in [-0.15, -0.1) is 0 Å². The highest BCUT2D eigenvalue weighted by molar-refractivity contribution is 5.89. The van der Waals surface area contributed by atoms with Gasteiger partial charge in [-0.25, -0.2) is 4.39 Å². The Kier molecular flexibility index (Phi) is 3.55. The van der Waals surface area contributed by atoms with Crippen LogP contribution in [-0.2, 0) is 16.0 Å². The summed E-state index contributed by atoms with van der Waals surface area (Å²) in [7, 11) is 0. The molecule has 2 rings (SSSR count). The summed E-state index contributed by atoms with van der Waals surface area (Å²) in [6, 6.07) is 4.80. The second-order valence-corrected chi connectivity index (χ2v) is 4.05. The highest BCUT2D eigenvalue weighted by Crippen LogP contribution is 2.22. The van der Waals surface area contributed by atoms with Crippen LogP contribution < -0.4 is 0 Å². The molecule has 2 aromatic rings. The van der Waals surface area contributed by atoms with Gasteiger partial charge in [0.25, 0.3) is 0 Å². The second-order valence-electron chi connectivity index (χ2n) is 4.05. The van der Waals surface area contributed by atoms with E-state index < -0.39 is 5.97 Å². The first-order chi connectivity index (χ1) is 8.61. The number of pyridine rings is 1. The van der Waals surface area contributed by atoms with Gasteiger partial charge < -0.3 is 4.74 Å². The molecule has 0 spiro atoms. The highest BCUT2D eigenvalue weighted by Gasteiger charge is 2.13. The molecular weight excluding hydrogens is 233 g/mol. The Balaban J connectivity index is 2.50. The zero-order valence-corrected chi connectivity index (χ0v) is 10.4. The van der Waals surface area contributed by atoms with Crippen molar-refractivity contribution in [3.05, 3.63) is 41.5 Å². The first-order valence-corrected chi connectivity index (χ1v) is 5.81. The summed E-state index contributed by atoms with van der Waals surface area (Å²) in [6.45, 7) is 3.86. The molecule has 0 aliphatic heterocycles. The third-order valence-corrected chi connectivity index (χ3v) is 2.72. The normalized spacial score (nSPS) is 10.6. The minimum absolute atomic E-state index is 0.0551. The van der Waals surface area contributed by atoms with Gasteiger partial charge in [0.2, 0.25) is 0 Å². The number of carbonyl (C=O) groups is 1. The lowest BCUT2D eigenvalue weighted by Gasteiger charge is -2.08. The zero-order valence-electron chi connectivity index (χ0n) is 10.4. The fraction of sp³-hybridized carbons (Fsp3) is 0.286. The molecule has 0 N–H and O–H groups in total. The smallest absolute Gasteiger partial charge is 0.310 e. The number of carbonyl (C=O) groups excluding carboxylic acids is 1. The zero-order chi connectivity index (χ0) is 13.1. The minimum atomic E-state index is -0.418. The van der Waals surface area contributed by atoms with E-state index in [4.69, 9.17) is 4.74 Å². The molecule has 0 atom stereocenters. The Labute approximate surface area is 105 Å². The van der Waals surface area contributed by atoms with Gasteiger partial charge in [0.15, 0.2) is 0 Å². The topological polar surface area (TPSA) is 39.2 Å². The van der Waals surface area contributed by atoms with Gasteiger partial charge in [-0.2, -0.15) is 0 Å². The van der Waals surface area contributed by atoms with Crippen LogP contribution in [0.1, 0.15) is 18.2 Å². The van der Waals surface area contributed by atoms with E-state index in [0.717, 1.165) is 16.5 Å². The van der Waals surface area contributed by atoms with E-state index in [-0.39, 0.29) is 12.2 Å². The summed E-state index contributed by atoms with van der Waals surface area (Å²) in [5, 5.41) is 1.54. The Morgan fingerprint density at radius 1 is 1.44 bits per heavy atom. The molecule has 0 saturated heterocycles. The number of fused-ring (bicyclic) bond motifs is 1. The molecule has 0 radical (unpaired) electrons. The predicted molar refractivity (Wildman–Crippen MR) is 66.8 cm³/mol. The number of rotatable bonds is 3. The lowest BCUT2D eigenvalue weighted by molar-refractivity contribution is -0.142. The summed E-state index contributed by atoms with van der Waals surface area (Å²) in [5.41, 5.74) is 1.16. The van der Waals surface area contributed by atoms with Crippen molar-refractivity contribution in [3.63, 3.8) is 0 Å². The Morgan fingerprint density at radius 2 is 2.22 bits per heavy atom. The first kappa shape index (κ1) is 12.5. The molecule has 3 nitrogen and oxygen atoms in total. The van der Waals surface area contributed by atoms with Crippen LogP contribution in [0.25, 0.3) is 10.8 Å². The van der Waals surface area contributed by atoms with Gasteiger partial charge in [-0.1, -0.05) is 0 Å². The Bertz CT molecular complexity index is 590. The highest BCUT2D eigenvalue weighted by atomic mass is 19.1. The Morgan fingerprint density at radius 3 is 2.94 bits per heavy atom. The van der Waals surface area contributed by atoms with Crippen LogP contribution in [0.3, 0.4) is 0 Å². The quantitative estimate of drug-likeness (QED) is 0.783. The maximum Gasteiger partial charge on any atom is 0.310 e. The van der Waals surface area contributed by atoms with Gasteiger partial charge in [-0.05, 0) is 37.4 Å². The van der Waals surface area contributed by atoms with Crippen molar-refractivity contribution in [1.82, 2.24) is 4.98 Å². The summed E-state index contributed by atoms with van der Waals surface area (Å²) in [4.78, 5) is 15.6. The fourth-order valence-electron chi connectivity index (χ4n) is 1.89. The van der Waals surface area contributed by atoms with E-state index in [9.17, 15) is 9.18 Å². The number of aromatic nitrogens is 1. The van der Waals surface area contributed by atoms with Crippen LogP contribution in [0.15, 0.2) is 24.4 Å². The molecule has 4 heteroatoms. The first-order valence-electron chi connectivity index (χ1n) is 5.81. The van der Waals surface area contributed by atoms with Crippen molar-refractivity contribution in [2.45, 2.75) is 20.3 Å².